The van der Waals surface area contributed by atoms with Crippen LogP contribution in [-0.2, 0) is 0 Å². The van der Waals surface area contributed by atoms with Gasteiger partial charge in [0, 0.05) is 0 Å². The number of hydrogen-bond acceptors (Lipinski definition) is 7. The highest BCUT2D eigenvalue weighted by atomic mass is 16.5. The van der Waals surface area contributed by atoms with Crippen LogP contribution in [0.5, 0.6) is 11.5 Å². The fraction of sp³-hybridized carbons (Fsp3) is 0. The predicted octanol–water partition coefficient (Wildman–Crippen LogP) is 1.01. The minimum atomic E-state index is -1.36. The molecular formula is C22H11NO7-2. The zero-order chi connectivity index (χ0) is 21.4. The molecule has 0 N–H and O–H groups in total. The average molecular weight is 401 g/mol. The second kappa shape index (κ2) is 7.17. The van der Waals surface area contributed by atoms with Gasteiger partial charge in [-0.2, -0.15) is 0 Å². The number of imide groups is 1. The van der Waals surface area contributed by atoms with Gasteiger partial charge >= 0.3 is 0 Å². The molecule has 8 heteroatoms. The highest BCUT2D eigenvalue weighted by molar-refractivity contribution is 6.34. The van der Waals surface area contributed by atoms with Gasteiger partial charge in [-0.3, -0.25) is 9.59 Å². The number of anilines is 1. The van der Waals surface area contributed by atoms with Gasteiger partial charge in [0.1, 0.15) is 11.5 Å². The SMILES string of the molecule is O=C([O-])c1ccc(Oc2ccc3c(c2)C(=O)N(c2ccc(C(=O)[O-])cc2)C3=O)cc1. The van der Waals surface area contributed by atoms with Crippen molar-refractivity contribution < 1.29 is 34.1 Å². The van der Waals surface area contributed by atoms with E-state index >= 15 is 0 Å². The van der Waals surface area contributed by atoms with E-state index in [4.69, 9.17) is 4.74 Å². The second-order valence-corrected chi connectivity index (χ2v) is 6.40. The lowest BCUT2D eigenvalue weighted by Crippen LogP contribution is -2.29. The number of carboxylic acids is 2. The number of hydrogen-bond donors (Lipinski definition) is 0. The van der Waals surface area contributed by atoms with Gasteiger partial charge < -0.3 is 24.5 Å². The molecular weight excluding hydrogens is 390 g/mol. The first-order chi connectivity index (χ1) is 14.3. The van der Waals surface area contributed by atoms with E-state index in [0.29, 0.717) is 5.75 Å². The van der Waals surface area contributed by atoms with Gasteiger partial charge in [0.25, 0.3) is 11.8 Å². The lowest BCUT2D eigenvalue weighted by molar-refractivity contribution is -0.256. The maximum absolute atomic E-state index is 12.8. The summed E-state index contributed by atoms with van der Waals surface area (Å²) in [6.07, 6.45) is 0. The van der Waals surface area contributed by atoms with Crippen molar-refractivity contribution in [1.82, 2.24) is 0 Å². The Labute approximate surface area is 169 Å². The van der Waals surface area contributed by atoms with E-state index in [9.17, 15) is 29.4 Å². The number of rotatable bonds is 5. The predicted molar refractivity (Wildman–Crippen MR) is 99.2 cm³/mol. The molecule has 0 atom stereocenters. The molecule has 148 valence electrons. The van der Waals surface area contributed by atoms with Crippen LogP contribution < -0.4 is 19.8 Å². The van der Waals surface area contributed by atoms with E-state index in [-0.39, 0.29) is 33.7 Å². The van der Waals surface area contributed by atoms with Crippen LogP contribution >= 0.6 is 0 Å². The van der Waals surface area contributed by atoms with Gasteiger partial charge in [-0.15, -0.1) is 0 Å². The molecule has 0 saturated heterocycles. The summed E-state index contributed by atoms with van der Waals surface area (Å²) < 4.78 is 5.64. The topological polar surface area (TPSA) is 127 Å². The Morgan fingerprint density at radius 2 is 1.17 bits per heavy atom. The van der Waals surface area contributed by atoms with E-state index < -0.39 is 23.8 Å². The number of amides is 2. The normalized spacial score (nSPS) is 12.6. The molecule has 1 aliphatic heterocycles. The van der Waals surface area contributed by atoms with Crippen LogP contribution in [0.4, 0.5) is 5.69 Å². The summed E-state index contributed by atoms with van der Waals surface area (Å²) in [6.45, 7) is 0. The van der Waals surface area contributed by atoms with Crippen molar-refractivity contribution in [3.8, 4) is 11.5 Å². The molecule has 0 aromatic heterocycles. The van der Waals surface area contributed by atoms with Crippen LogP contribution in [0, 0.1) is 0 Å². The summed E-state index contributed by atoms with van der Waals surface area (Å²) in [4.78, 5) is 48.1. The van der Waals surface area contributed by atoms with Gasteiger partial charge in [-0.05, 0) is 65.7 Å². The third kappa shape index (κ3) is 3.26. The van der Waals surface area contributed by atoms with Crippen LogP contribution in [-0.4, -0.2) is 23.8 Å². The Morgan fingerprint density at radius 1 is 0.667 bits per heavy atom. The lowest BCUT2D eigenvalue weighted by Gasteiger charge is -2.14. The number of fused-ring (bicyclic) bond motifs is 1. The quantitative estimate of drug-likeness (QED) is 0.584. The van der Waals surface area contributed by atoms with Crippen molar-refractivity contribution in [2.45, 2.75) is 0 Å². The van der Waals surface area contributed by atoms with Gasteiger partial charge in [0.15, 0.2) is 0 Å². The molecule has 3 aromatic carbocycles. The van der Waals surface area contributed by atoms with Gasteiger partial charge in [-0.25, -0.2) is 4.90 Å². The molecule has 2 amide bonds. The molecule has 0 fully saturated rings. The van der Waals surface area contributed by atoms with Crippen molar-refractivity contribution in [1.29, 1.82) is 0 Å². The van der Waals surface area contributed by atoms with E-state index in [2.05, 4.69) is 0 Å². The van der Waals surface area contributed by atoms with Crippen molar-refractivity contribution in [3.05, 3.63) is 89.0 Å². The summed E-state index contributed by atoms with van der Waals surface area (Å²) in [5.74, 6) is -3.17. The number of aromatic carboxylic acids is 2. The monoisotopic (exact) mass is 401 g/mol. The van der Waals surface area contributed by atoms with Gasteiger partial charge in [-0.1, -0.05) is 12.1 Å². The molecule has 0 radical (unpaired) electrons. The van der Waals surface area contributed by atoms with E-state index in [1.807, 2.05) is 0 Å². The second-order valence-electron chi connectivity index (χ2n) is 6.40. The molecule has 0 saturated carbocycles. The summed E-state index contributed by atoms with van der Waals surface area (Å²) >= 11 is 0. The zero-order valence-electron chi connectivity index (χ0n) is 15.2. The Hall–Kier alpha value is -4.46. The van der Waals surface area contributed by atoms with Gasteiger partial charge in [0.2, 0.25) is 0 Å². The minimum absolute atomic E-state index is 0.00239. The Kier molecular flexibility index (Phi) is 4.51. The fourth-order valence-electron chi connectivity index (χ4n) is 3.06. The summed E-state index contributed by atoms with van der Waals surface area (Å²) in [5, 5.41) is 21.7. The van der Waals surface area contributed by atoms with Crippen molar-refractivity contribution in [2.75, 3.05) is 4.90 Å². The molecule has 3 aromatic rings. The third-order valence-corrected chi connectivity index (χ3v) is 4.54. The molecule has 0 aliphatic carbocycles. The summed E-state index contributed by atoms with van der Waals surface area (Å²) in [7, 11) is 0. The lowest BCUT2D eigenvalue weighted by atomic mass is 10.1. The standard InChI is InChI=1S/C22H13NO7/c24-19-17-10-9-16(30-15-7-3-13(4-8-15)22(28)29)11-18(17)20(25)23(19)14-5-1-12(2-6-14)21(26)27/h1-11H,(H,26,27)(H,28,29)/p-2. The molecule has 8 nitrogen and oxygen atoms in total. The third-order valence-electron chi connectivity index (χ3n) is 4.54. The van der Waals surface area contributed by atoms with E-state index in [1.165, 1.54) is 66.7 Å². The highest BCUT2D eigenvalue weighted by Crippen LogP contribution is 2.32. The van der Waals surface area contributed by atoms with E-state index in [1.54, 1.807) is 0 Å². The van der Waals surface area contributed by atoms with Crippen LogP contribution in [0.25, 0.3) is 0 Å². The van der Waals surface area contributed by atoms with Crippen molar-refractivity contribution in [3.63, 3.8) is 0 Å². The fourth-order valence-corrected chi connectivity index (χ4v) is 3.06. The Balaban J connectivity index is 1.60. The molecule has 4 rings (SSSR count). The first kappa shape index (κ1) is 18.9. The summed E-state index contributed by atoms with van der Waals surface area (Å²) in [6, 6.07) is 15.1. The number of benzene rings is 3. The smallest absolute Gasteiger partial charge is 0.266 e. The number of nitrogens with zero attached hydrogens (tertiary/aromatic N) is 1. The molecule has 0 unspecified atom stereocenters. The Bertz CT molecular complexity index is 1200. The number of carbonyl (C=O) groups is 4. The van der Waals surface area contributed by atoms with Crippen molar-refractivity contribution in [2.24, 2.45) is 0 Å². The molecule has 0 bridgehead atoms. The van der Waals surface area contributed by atoms with E-state index in [0.717, 1.165) is 4.90 Å². The van der Waals surface area contributed by atoms with Crippen LogP contribution in [0.3, 0.4) is 0 Å². The molecule has 0 spiro atoms. The molecule has 30 heavy (non-hydrogen) atoms. The largest absolute Gasteiger partial charge is 0.545 e. The number of carbonyl (C=O) groups excluding carboxylic acids is 4. The number of ether oxygens (including phenoxy) is 1. The minimum Gasteiger partial charge on any atom is -0.545 e. The van der Waals surface area contributed by atoms with Crippen molar-refractivity contribution >= 4 is 29.4 Å². The zero-order valence-corrected chi connectivity index (χ0v) is 15.2. The first-order valence-electron chi connectivity index (χ1n) is 8.68. The maximum atomic E-state index is 12.8. The molecule has 1 aliphatic rings. The highest BCUT2D eigenvalue weighted by Gasteiger charge is 2.37. The average Bonchev–Trinajstić information content (AvgIpc) is 2.98. The first-order valence-corrected chi connectivity index (χ1v) is 8.68. The number of carboxylic acid groups (broad SMARTS) is 2. The molecule has 1 heterocycles. The van der Waals surface area contributed by atoms with Crippen LogP contribution in [0.15, 0.2) is 66.7 Å². The van der Waals surface area contributed by atoms with Gasteiger partial charge in [0.05, 0.1) is 28.8 Å². The van der Waals surface area contributed by atoms with Crippen LogP contribution in [0.2, 0.25) is 0 Å². The Morgan fingerprint density at radius 3 is 1.73 bits per heavy atom. The van der Waals surface area contributed by atoms with Crippen LogP contribution in [0.1, 0.15) is 41.4 Å². The maximum Gasteiger partial charge on any atom is 0.266 e. The summed E-state index contributed by atoms with van der Waals surface area (Å²) in [5.41, 5.74) is 0.469.